The Labute approximate surface area is 222 Å². The van der Waals surface area contributed by atoms with Gasteiger partial charge in [-0.15, -0.1) is 0 Å². The number of hydrogen-bond acceptors (Lipinski definition) is 7. The van der Waals surface area contributed by atoms with Crippen molar-refractivity contribution in [2.45, 2.75) is 19.4 Å². The van der Waals surface area contributed by atoms with Crippen molar-refractivity contribution < 1.29 is 27.8 Å². The van der Waals surface area contributed by atoms with Gasteiger partial charge in [-0.25, -0.2) is 8.42 Å². The van der Waals surface area contributed by atoms with Gasteiger partial charge in [-0.2, -0.15) is 0 Å². The largest absolute Gasteiger partial charge is 0.492 e. The topological polar surface area (TPSA) is 117 Å². The molecule has 0 spiro atoms. The minimum Gasteiger partial charge on any atom is -0.492 e. The molecule has 10 heteroatoms. The number of aliphatic hydroxyl groups excluding tert-OH is 1. The fourth-order valence-corrected chi connectivity index (χ4v) is 5.82. The van der Waals surface area contributed by atoms with E-state index in [2.05, 4.69) is 16.7 Å². The highest BCUT2D eigenvalue weighted by Crippen LogP contribution is 2.39. The fourth-order valence-electron chi connectivity index (χ4n) is 4.92. The van der Waals surface area contributed by atoms with Gasteiger partial charge < -0.3 is 25.2 Å². The smallest absolute Gasteiger partial charge is 0.232 e. The SMILES string of the molecule is CC(=O)Nc1ccc2c(c1)Cc1cc(OCCNCC(O)c3ccc4c(c3)N(S(C)(=O)=O)CCO4)ccc1-2. The number of anilines is 2. The Hall–Kier alpha value is -3.60. The van der Waals surface area contributed by atoms with E-state index >= 15 is 0 Å². The molecule has 0 saturated carbocycles. The van der Waals surface area contributed by atoms with Crippen LogP contribution in [0, 0.1) is 0 Å². The van der Waals surface area contributed by atoms with Crippen LogP contribution in [0.2, 0.25) is 0 Å². The lowest BCUT2D eigenvalue weighted by Crippen LogP contribution is -2.37. The standard InChI is InChI=1S/C28H31N3O6S/c1-18(32)30-22-4-6-24-20(14-22)13-21-15-23(5-7-25(21)24)36-11-9-29-17-27(33)19-3-8-28-26(16-19)31(10-12-37-28)38(2,34)35/h3-8,14-16,27,29,33H,9-13,17H2,1-2H3,(H,30,32). The highest BCUT2D eigenvalue weighted by atomic mass is 32.2. The first kappa shape index (κ1) is 26.0. The van der Waals surface area contributed by atoms with Gasteiger partial charge in [-0.05, 0) is 70.6 Å². The first-order chi connectivity index (χ1) is 18.2. The summed E-state index contributed by atoms with van der Waals surface area (Å²) in [7, 11) is -3.43. The van der Waals surface area contributed by atoms with Crippen LogP contribution in [0.25, 0.3) is 11.1 Å². The number of ether oxygens (including phenoxy) is 2. The molecule has 200 valence electrons. The van der Waals surface area contributed by atoms with Crippen molar-refractivity contribution in [2.75, 3.05) is 48.7 Å². The molecular formula is C28H31N3O6S. The second-order valence-corrected chi connectivity index (χ2v) is 11.4. The van der Waals surface area contributed by atoms with Crippen LogP contribution in [0.5, 0.6) is 11.5 Å². The van der Waals surface area contributed by atoms with Crippen molar-refractivity contribution >= 4 is 27.3 Å². The average molecular weight is 538 g/mol. The van der Waals surface area contributed by atoms with E-state index in [0.29, 0.717) is 36.8 Å². The molecule has 3 aromatic rings. The Kier molecular flexibility index (Phi) is 7.29. The summed E-state index contributed by atoms with van der Waals surface area (Å²) >= 11 is 0. The van der Waals surface area contributed by atoms with Crippen LogP contribution in [0.4, 0.5) is 11.4 Å². The molecular weight excluding hydrogens is 506 g/mol. The van der Waals surface area contributed by atoms with E-state index in [0.717, 1.165) is 24.1 Å². The van der Waals surface area contributed by atoms with Gasteiger partial charge in [0.15, 0.2) is 0 Å². The number of fused-ring (bicyclic) bond motifs is 4. The second kappa shape index (κ2) is 10.6. The third-order valence-electron chi connectivity index (χ3n) is 6.65. The number of hydrogen-bond donors (Lipinski definition) is 3. The van der Waals surface area contributed by atoms with Gasteiger partial charge in [0.1, 0.15) is 24.7 Å². The minimum absolute atomic E-state index is 0.0897. The predicted molar refractivity (Wildman–Crippen MR) is 146 cm³/mol. The molecule has 0 bridgehead atoms. The molecule has 9 nitrogen and oxygen atoms in total. The van der Waals surface area contributed by atoms with Gasteiger partial charge in [0.2, 0.25) is 15.9 Å². The molecule has 1 atom stereocenters. The number of amides is 1. The first-order valence-corrected chi connectivity index (χ1v) is 14.3. The van der Waals surface area contributed by atoms with E-state index < -0.39 is 16.1 Å². The Morgan fingerprint density at radius 1 is 1.11 bits per heavy atom. The molecule has 0 radical (unpaired) electrons. The summed E-state index contributed by atoms with van der Waals surface area (Å²) < 4.78 is 37.1. The number of sulfonamides is 1. The molecule has 1 amide bonds. The highest BCUT2D eigenvalue weighted by molar-refractivity contribution is 7.92. The van der Waals surface area contributed by atoms with Gasteiger partial charge in [-0.1, -0.05) is 18.2 Å². The van der Waals surface area contributed by atoms with Gasteiger partial charge in [0.25, 0.3) is 0 Å². The third-order valence-corrected chi connectivity index (χ3v) is 7.83. The molecule has 2 aliphatic rings. The van der Waals surface area contributed by atoms with Gasteiger partial charge in [-0.3, -0.25) is 9.10 Å². The van der Waals surface area contributed by atoms with Crippen molar-refractivity contribution in [1.29, 1.82) is 0 Å². The van der Waals surface area contributed by atoms with Crippen LogP contribution in [0.15, 0.2) is 54.6 Å². The van der Waals surface area contributed by atoms with Crippen molar-refractivity contribution in [3.05, 3.63) is 71.3 Å². The van der Waals surface area contributed by atoms with E-state index in [1.54, 1.807) is 18.2 Å². The van der Waals surface area contributed by atoms with E-state index in [-0.39, 0.29) is 19.0 Å². The van der Waals surface area contributed by atoms with Crippen molar-refractivity contribution in [1.82, 2.24) is 5.32 Å². The zero-order valence-corrected chi connectivity index (χ0v) is 22.2. The summed E-state index contributed by atoms with van der Waals surface area (Å²) in [6.45, 7) is 3.27. The number of nitrogens with one attached hydrogen (secondary N) is 2. The Bertz CT molecular complexity index is 1470. The van der Waals surface area contributed by atoms with E-state index in [9.17, 15) is 18.3 Å². The summed E-state index contributed by atoms with van der Waals surface area (Å²) in [6.07, 6.45) is 1.13. The summed E-state index contributed by atoms with van der Waals surface area (Å²) in [5, 5.41) is 16.7. The number of aliphatic hydroxyl groups is 1. The molecule has 1 heterocycles. The summed E-state index contributed by atoms with van der Waals surface area (Å²) in [5.74, 6) is 1.18. The molecule has 0 saturated heterocycles. The summed E-state index contributed by atoms with van der Waals surface area (Å²) in [6, 6.07) is 17.1. The quantitative estimate of drug-likeness (QED) is 0.281. The predicted octanol–water partition coefficient (Wildman–Crippen LogP) is 3.08. The lowest BCUT2D eigenvalue weighted by atomic mass is 10.1. The average Bonchev–Trinajstić information content (AvgIpc) is 3.23. The number of carbonyl (C=O) groups excluding carboxylic acids is 1. The molecule has 5 rings (SSSR count). The van der Waals surface area contributed by atoms with Crippen LogP contribution in [0.3, 0.4) is 0 Å². The Morgan fingerprint density at radius 3 is 2.63 bits per heavy atom. The van der Waals surface area contributed by atoms with Gasteiger partial charge in [0.05, 0.1) is 24.6 Å². The molecule has 0 aromatic heterocycles. The molecule has 3 N–H and O–H groups in total. The number of carbonyl (C=O) groups is 1. The second-order valence-electron chi connectivity index (χ2n) is 9.53. The van der Waals surface area contributed by atoms with Crippen LogP contribution in [0.1, 0.15) is 29.7 Å². The van der Waals surface area contributed by atoms with Gasteiger partial charge >= 0.3 is 0 Å². The number of nitrogens with zero attached hydrogens (tertiary/aromatic N) is 1. The molecule has 0 fully saturated rings. The zero-order valence-electron chi connectivity index (χ0n) is 21.4. The lowest BCUT2D eigenvalue weighted by molar-refractivity contribution is -0.114. The number of benzene rings is 3. The van der Waals surface area contributed by atoms with Crippen LogP contribution in [-0.4, -0.2) is 58.5 Å². The Morgan fingerprint density at radius 2 is 1.87 bits per heavy atom. The Balaban J connectivity index is 1.12. The molecule has 1 unspecified atom stereocenters. The maximum Gasteiger partial charge on any atom is 0.232 e. The molecule has 38 heavy (non-hydrogen) atoms. The lowest BCUT2D eigenvalue weighted by Gasteiger charge is -2.30. The summed E-state index contributed by atoms with van der Waals surface area (Å²) in [5.41, 5.74) is 6.55. The highest BCUT2D eigenvalue weighted by Gasteiger charge is 2.26. The van der Waals surface area contributed by atoms with E-state index in [4.69, 9.17) is 9.47 Å². The van der Waals surface area contributed by atoms with Crippen LogP contribution in [-0.2, 0) is 21.2 Å². The maximum atomic E-state index is 12.1. The monoisotopic (exact) mass is 537 g/mol. The molecule has 1 aliphatic heterocycles. The first-order valence-electron chi connectivity index (χ1n) is 12.5. The van der Waals surface area contributed by atoms with E-state index in [1.807, 2.05) is 30.3 Å². The molecule has 1 aliphatic carbocycles. The maximum absolute atomic E-state index is 12.1. The normalized spacial score (nSPS) is 14.7. The summed E-state index contributed by atoms with van der Waals surface area (Å²) in [4.78, 5) is 11.4. The molecule has 3 aromatic carbocycles. The van der Waals surface area contributed by atoms with Crippen molar-refractivity contribution in [2.24, 2.45) is 0 Å². The van der Waals surface area contributed by atoms with Crippen molar-refractivity contribution in [3.63, 3.8) is 0 Å². The van der Waals surface area contributed by atoms with Crippen LogP contribution < -0.4 is 24.4 Å². The zero-order chi connectivity index (χ0) is 26.9. The van der Waals surface area contributed by atoms with E-state index in [1.165, 1.54) is 33.5 Å². The fraction of sp³-hybridized carbons (Fsp3) is 0.321. The van der Waals surface area contributed by atoms with Crippen molar-refractivity contribution in [3.8, 4) is 22.6 Å². The third kappa shape index (κ3) is 5.62. The minimum atomic E-state index is -3.43. The number of rotatable bonds is 9. The van der Waals surface area contributed by atoms with Crippen LogP contribution >= 0.6 is 0 Å². The van der Waals surface area contributed by atoms with Gasteiger partial charge in [0, 0.05) is 25.7 Å².